The fourth-order valence-corrected chi connectivity index (χ4v) is 4.10. The van der Waals surface area contributed by atoms with Crippen molar-refractivity contribution in [1.82, 2.24) is 25.1 Å². The van der Waals surface area contributed by atoms with Gasteiger partial charge in [0.15, 0.2) is 0 Å². The molecular weight excluding hydrogens is 422 g/mol. The van der Waals surface area contributed by atoms with Gasteiger partial charge in [0.1, 0.15) is 23.9 Å². The van der Waals surface area contributed by atoms with Crippen LogP contribution in [0.25, 0.3) is 10.9 Å². The van der Waals surface area contributed by atoms with E-state index in [1.807, 2.05) is 25.4 Å². The second kappa shape index (κ2) is 9.32. The summed E-state index contributed by atoms with van der Waals surface area (Å²) in [4.78, 5) is 24.0. The Bertz CT molecular complexity index is 1130. The number of benzene rings is 1. The van der Waals surface area contributed by atoms with Gasteiger partial charge in [-0.15, -0.1) is 0 Å². The van der Waals surface area contributed by atoms with Crippen LogP contribution in [0.3, 0.4) is 0 Å². The molecule has 1 aliphatic heterocycles. The molecule has 1 aromatic carbocycles. The number of hydrogen-bond donors (Lipinski definition) is 2. The Balaban J connectivity index is 1.28. The van der Waals surface area contributed by atoms with E-state index in [9.17, 15) is 4.79 Å². The van der Waals surface area contributed by atoms with E-state index < -0.39 is 0 Å². The number of aromatic nitrogens is 4. The number of amides is 1. The summed E-state index contributed by atoms with van der Waals surface area (Å²) < 4.78 is 12.6. The molecule has 1 saturated carbocycles. The zero-order chi connectivity index (χ0) is 22.8. The molecule has 1 aliphatic carbocycles. The average molecular weight is 452 g/mol. The molecule has 2 fully saturated rings. The van der Waals surface area contributed by atoms with Gasteiger partial charge in [-0.3, -0.25) is 9.48 Å². The van der Waals surface area contributed by atoms with Gasteiger partial charge < -0.3 is 25.0 Å². The number of rotatable bonds is 9. The molecular formula is C23H29N7O3. The Kier molecular flexibility index (Phi) is 6.10. The molecule has 0 unspecified atom stereocenters. The van der Waals surface area contributed by atoms with E-state index in [-0.39, 0.29) is 11.6 Å². The largest absolute Gasteiger partial charge is 0.489 e. The fourth-order valence-electron chi connectivity index (χ4n) is 4.10. The van der Waals surface area contributed by atoms with Gasteiger partial charge in [0.05, 0.1) is 30.2 Å². The first kappa shape index (κ1) is 21.6. The van der Waals surface area contributed by atoms with E-state index in [0.29, 0.717) is 36.7 Å². The number of carbonyl (C=O) groups excluding carboxylic acids is 1. The number of hydrogen-bond acceptors (Lipinski definition) is 8. The van der Waals surface area contributed by atoms with Crippen molar-refractivity contribution in [2.75, 3.05) is 43.6 Å². The Morgan fingerprint density at radius 3 is 2.79 bits per heavy atom. The third-order valence-electron chi connectivity index (χ3n) is 5.95. The van der Waals surface area contributed by atoms with Gasteiger partial charge in [-0.2, -0.15) is 5.10 Å². The summed E-state index contributed by atoms with van der Waals surface area (Å²) in [6.07, 6.45) is 8.76. The Morgan fingerprint density at radius 2 is 2.03 bits per heavy atom. The van der Waals surface area contributed by atoms with Crippen molar-refractivity contribution in [2.45, 2.75) is 31.3 Å². The third kappa shape index (κ3) is 5.07. The molecule has 1 atom stereocenters. The minimum Gasteiger partial charge on any atom is -0.489 e. The number of carbonyl (C=O) groups is 1. The van der Waals surface area contributed by atoms with Crippen molar-refractivity contribution >= 4 is 28.3 Å². The second-order valence-corrected chi connectivity index (χ2v) is 8.64. The molecule has 10 heteroatoms. The van der Waals surface area contributed by atoms with Crippen LogP contribution in [0.5, 0.6) is 5.75 Å². The van der Waals surface area contributed by atoms with E-state index in [0.717, 1.165) is 36.2 Å². The lowest BCUT2D eigenvalue weighted by molar-refractivity contribution is 0.102. The first-order chi connectivity index (χ1) is 16.1. The van der Waals surface area contributed by atoms with Crippen LogP contribution in [0.2, 0.25) is 0 Å². The van der Waals surface area contributed by atoms with E-state index in [1.165, 1.54) is 19.0 Å². The predicted octanol–water partition coefficient (Wildman–Crippen LogP) is 1.97. The van der Waals surface area contributed by atoms with Crippen LogP contribution < -0.4 is 20.3 Å². The number of nitrogens with zero attached hydrogens (tertiary/aromatic N) is 5. The molecule has 0 spiro atoms. The highest BCUT2D eigenvalue weighted by atomic mass is 16.5. The van der Waals surface area contributed by atoms with Gasteiger partial charge >= 0.3 is 0 Å². The van der Waals surface area contributed by atoms with Gasteiger partial charge in [0.25, 0.3) is 5.91 Å². The zero-order valence-electron chi connectivity index (χ0n) is 19.0. The summed E-state index contributed by atoms with van der Waals surface area (Å²) in [7, 11) is 3.47. The van der Waals surface area contributed by atoms with Crippen molar-refractivity contribution in [2.24, 2.45) is 7.05 Å². The van der Waals surface area contributed by atoms with Crippen LogP contribution in [-0.2, 0) is 11.8 Å². The Hall–Kier alpha value is -3.24. The second-order valence-electron chi connectivity index (χ2n) is 8.64. The topological polar surface area (TPSA) is 106 Å². The molecule has 3 heterocycles. The lowest BCUT2D eigenvalue weighted by atomic mass is 10.2. The molecule has 1 saturated heterocycles. The standard InChI is InChI=1S/C23H29N7O3/c1-29-13-15-9-19(21(10-18(15)28-29)33-8-7-32-2)27-23(31)20-11-25-22(12-24-20)30-6-5-17(14-30)26-16-3-4-16/h9-13,16-17,26H,3-8,14H2,1-2H3,(H,27,31)/t17-/m1/s1. The van der Waals surface area contributed by atoms with E-state index in [1.54, 1.807) is 18.0 Å². The summed E-state index contributed by atoms with van der Waals surface area (Å²) >= 11 is 0. The molecule has 2 N–H and O–H groups in total. The summed E-state index contributed by atoms with van der Waals surface area (Å²) in [5.74, 6) is 0.984. The zero-order valence-corrected chi connectivity index (χ0v) is 19.0. The molecule has 10 nitrogen and oxygen atoms in total. The van der Waals surface area contributed by atoms with Crippen molar-refractivity contribution in [3.8, 4) is 5.75 Å². The first-order valence-corrected chi connectivity index (χ1v) is 11.3. The highest BCUT2D eigenvalue weighted by molar-refractivity contribution is 6.04. The van der Waals surface area contributed by atoms with Crippen LogP contribution in [0.15, 0.2) is 30.7 Å². The summed E-state index contributed by atoms with van der Waals surface area (Å²) in [6, 6.07) is 4.86. The van der Waals surface area contributed by atoms with Crippen LogP contribution in [-0.4, -0.2) is 71.2 Å². The van der Waals surface area contributed by atoms with Gasteiger partial charge in [-0.1, -0.05) is 0 Å². The van der Waals surface area contributed by atoms with Gasteiger partial charge in [0.2, 0.25) is 0 Å². The van der Waals surface area contributed by atoms with Crippen LogP contribution in [0.1, 0.15) is 29.8 Å². The normalized spacial score (nSPS) is 18.1. The molecule has 5 rings (SSSR count). The maximum atomic E-state index is 12.9. The lowest BCUT2D eigenvalue weighted by Gasteiger charge is -2.17. The summed E-state index contributed by atoms with van der Waals surface area (Å²) in [5.41, 5.74) is 1.59. The lowest BCUT2D eigenvalue weighted by Crippen LogP contribution is -2.34. The number of aryl methyl sites for hydroxylation is 1. The molecule has 0 bridgehead atoms. The highest BCUT2D eigenvalue weighted by Crippen LogP contribution is 2.30. The fraction of sp³-hybridized carbons (Fsp3) is 0.478. The van der Waals surface area contributed by atoms with E-state index in [4.69, 9.17) is 9.47 Å². The number of methoxy groups -OCH3 is 1. The van der Waals surface area contributed by atoms with Crippen molar-refractivity contribution in [3.63, 3.8) is 0 Å². The van der Waals surface area contributed by atoms with Gasteiger partial charge in [-0.25, -0.2) is 9.97 Å². The molecule has 2 aromatic heterocycles. The maximum Gasteiger partial charge on any atom is 0.275 e. The summed E-state index contributed by atoms with van der Waals surface area (Å²) in [6.45, 7) is 2.66. The summed E-state index contributed by atoms with van der Waals surface area (Å²) in [5, 5.41) is 11.9. The SMILES string of the molecule is COCCOc1cc2nn(C)cc2cc1NC(=O)c1cnc(N2CC[C@@H](NC3CC3)C2)cn1. The number of nitrogens with one attached hydrogen (secondary N) is 2. The number of ether oxygens (including phenoxy) is 2. The number of fused-ring (bicyclic) bond motifs is 1. The molecule has 2 aliphatic rings. The van der Waals surface area contributed by atoms with Crippen molar-refractivity contribution < 1.29 is 14.3 Å². The van der Waals surface area contributed by atoms with E-state index >= 15 is 0 Å². The van der Waals surface area contributed by atoms with Crippen LogP contribution in [0.4, 0.5) is 11.5 Å². The Morgan fingerprint density at radius 1 is 1.15 bits per heavy atom. The maximum absolute atomic E-state index is 12.9. The smallest absolute Gasteiger partial charge is 0.275 e. The van der Waals surface area contributed by atoms with Crippen molar-refractivity contribution in [3.05, 3.63) is 36.4 Å². The monoisotopic (exact) mass is 451 g/mol. The molecule has 33 heavy (non-hydrogen) atoms. The average Bonchev–Trinajstić information content (AvgIpc) is 3.37. The minimum absolute atomic E-state index is 0.250. The molecule has 1 amide bonds. The molecule has 0 radical (unpaired) electrons. The quantitative estimate of drug-likeness (QED) is 0.476. The molecule has 174 valence electrons. The molecule has 3 aromatic rings. The van der Waals surface area contributed by atoms with Crippen LogP contribution in [0, 0.1) is 0 Å². The number of anilines is 2. The highest BCUT2D eigenvalue weighted by Gasteiger charge is 2.29. The van der Waals surface area contributed by atoms with E-state index in [2.05, 4.69) is 30.6 Å². The Labute approximate surface area is 192 Å². The van der Waals surface area contributed by atoms with Gasteiger partial charge in [-0.05, 0) is 25.3 Å². The van der Waals surface area contributed by atoms with Gasteiger partial charge in [0, 0.05) is 57.0 Å². The predicted molar refractivity (Wildman–Crippen MR) is 125 cm³/mol. The first-order valence-electron chi connectivity index (χ1n) is 11.3. The third-order valence-corrected chi connectivity index (χ3v) is 5.95. The minimum atomic E-state index is -0.344. The van der Waals surface area contributed by atoms with Crippen molar-refractivity contribution in [1.29, 1.82) is 0 Å². The van der Waals surface area contributed by atoms with Crippen LogP contribution >= 0.6 is 0 Å².